The third-order valence-corrected chi connectivity index (χ3v) is 8.22. The van der Waals surface area contributed by atoms with Gasteiger partial charge in [-0.05, 0) is 36.5 Å². The topological polar surface area (TPSA) is 141 Å². The summed E-state index contributed by atoms with van der Waals surface area (Å²) in [6.07, 6.45) is 4.85. The van der Waals surface area contributed by atoms with E-state index in [-0.39, 0.29) is 11.3 Å². The fourth-order valence-corrected chi connectivity index (χ4v) is 5.57. The SMILES string of the molecule is O=C(N[C@@H](CC1CCC1)B(O)O)[C@H](Cc1ccccc1)NS(=O)(=O)c1ccc(N2CCOCC2)nc1. The molecule has 2 aromatic rings. The van der Waals surface area contributed by atoms with Gasteiger partial charge in [0, 0.05) is 19.3 Å². The summed E-state index contributed by atoms with van der Waals surface area (Å²) in [6.45, 7) is 2.53. The highest BCUT2D eigenvalue weighted by molar-refractivity contribution is 7.89. The van der Waals surface area contributed by atoms with E-state index in [1.54, 1.807) is 18.2 Å². The average Bonchev–Trinajstić information content (AvgIpc) is 2.86. The number of pyridine rings is 1. The molecule has 1 saturated heterocycles. The van der Waals surface area contributed by atoms with Crippen LogP contribution in [0.4, 0.5) is 5.82 Å². The number of amides is 1. The maximum absolute atomic E-state index is 13.2. The first-order valence-electron chi connectivity index (χ1n) is 12.3. The summed E-state index contributed by atoms with van der Waals surface area (Å²) in [7, 11) is -5.82. The van der Waals surface area contributed by atoms with E-state index in [2.05, 4.69) is 15.0 Å². The molecule has 0 radical (unpaired) electrons. The molecule has 2 fully saturated rings. The second kappa shape index (κ2) is 12.2. The zero-order valence-corrected chi connectivity index (χ0v) is 20.9. The van der Waals surface area contributed by atoms with Crippen molar-refractivity contribution in [2.24, 2.45) is 5.92 Å². The van der Waals surface area contributed by atoms with Crippen LogP contribution in [-0.4, -0.2) is 74.8 Å². The molecule has 1 aromatic heterocycles. The maximum Gasteiger partial charge on any atom is 0.475 e. The molecular formula is C24H33BN4O6S. The van der Waals surface area contributed by atoms with Crippen molar-refractivity contribution in [1.82, 2.24) is 15.0 Å². The van der Waals surface area contributed by atoms with Crippen molar-refractivity contribution in [2.45, 2.75) is 49.0 Å². The highest BCUT2D eigenvalue weighted by Crippen LogP contribution is 2.30. The van der Waals surface area contributed by atoms with Crippen LogP contribution in [-0.2, 0) is 26.0 Å². The Labute approximate surface area is 212 Å². The molecular weight excluding hydrogens is 483 g/mol. The van der Waals surface area contributed by atoms with Crippen molar-refractivity contribution in [3.63, 3.8) is 0 Å². The summed E-state index contributed by atoms with van der Waals surface area (Å²) < 4.78 is 34.3. The fraction of sp³-hybridized carbons (Fsp3) is 0.500. The fourth-order valence-electron chi connectivity index (χ4n) is 4.43. The van der Waals surface area contributed by atoms with Gasteiger partial charge in [-0.1, -0.05) is 49.6 Å². The van der Waals surface area contributed by atoms with Crippen molar-refractivity contribution in [3.8, 4) is 0 Å². The number of sulfonamides is 1. The normalized spacial score (nSPS) is 18.2. The highest BCUT2D eigenvalue weighted by Gasteiger charge is 2.34. The molecule has 0 spiro atoms. The zero-order chi connectivity index (χ0) is 25.5. The molecule has 12 heteroatoms. The third kappa shape index (κ3) is 7.04. The summed E-state index contributed by atoms with van der Waals surface area (Å²) in [5.41, 5.74) is 0.765. The van der Waals surface area contributed by atoms with Gasteiger partial charge < -0.3 is 25.0 Å². The predicted octanol–water partition coefficient (Wildman–Crippen LogP) is 0.495. The molecule has 4 N–H and O–H groups in total. The van der Waals surface area contributed by atoms with Gasteiger partial charge in [-0.2, -0.15) is 4.72 Å². The monoisotopic (exact) mass is 516 g/mol. The Morgan fingerprint density at radius 3 is 2.44 bits per heavy atom. The first-order chi connectivity index (χ1) is 17.3. The van der Waals surface area contributed by atoms with E-state index in [1.165, 1.54) is 12.3 Å². The van der Waals surface area contributed by atoms with Crippen LogP contribution in [0.15, 0.2) is 53.6 Å². The smallest absolute Gasteiger partial charge is 0.426 e. The standard InChI is InChI=1S/C24H33BN4O6S/c30-24(27-22(25(31)32)16-19-7-4-8-19)21(15-18-5-2-1-3-6-18)28-36(33,34)20-9-10-23(26-17-20)29-11-13-35-14-12-29/h1-3,5-6,9-10,17,19,21-22,28,31-32H,4,7-8,11-16H2,(H,27,30)/t21-,22-/m0/s1. The van der Waals surface area contributed by atoms with Crippen LogP contribution in [0.5, 0.6) is 0 Å². The van der Waals surface area contributed by atoms with Gasteiger partial charge in [0.2, 0.25) is 15.9 Å². The molecule has 1 amide bonds. The molecule has 4 rings (SSSR count). The Balaban J connectivity index is 1.49. The van der Waals surface area contributed by atoms with Crippen molar-refractivity contribution >= 4 is 28.9 Å². The number of rotatable bonds is 11. The van der Waals surface area contributed by atoms with E-state index in [9.17, 15) is 23.3 Å². The Bertz CT molecular complexity index is 1090. The minimum Gasteiger partial charge on any atom is -0.426 e. The number of benzene rings is 1. The number of hydrogen-bond acceptors (Lipinski definition) is 8. The first-order valence-corrected chi connectivity index (χ1v) is 13.8. The lowest BCUT2D eigenvalue weighted by atomic mass is 9.69. The van der Waals surface area contributed by atoms with Crippen LogP contribution in [0, 0.1) is 5.92 Å². The summed E-state index contributed by atoms with van der Waals surface area (Å²) in [5, 5.41) is 22.3. The Morgan fingerprint density at radius 1 is 1.14 bits per heavy atom. The van der Waals surface area contributed by atoms with E-state index in [4.69, 9.17) is 4.74 Å². The minimum absolute atomic E-state index is 0.0569. The van der Waals surface area contributed by atoms with Gasteiger partial charge in [-0.25, -0.2) is 13.4 Å². The summed E-state index contributed by atoms with van der Waals surface area (Å²) in [6, 6.07) is 11.0. The maximum atomic E-state index is 13.2. The van der Waals surface area contributed by atoms with Gasteiger partial charge in [0.05, 0.1) is 19.2 Å². The van der Waals surface area contributed by atoms with Gasteiger partial charge in [-0.3, -0.25) is 4.79 Å². The van der Waals surface area contributed by atoms with Crippen LogP contribution < -0.4 is 14.9 Å². The third-order valence-electron chi connectivity index (χ3n) is 6.76. The molecule has 0 bridgehead atoms. The summed E-state index contributed by atoms with van der Waals surface area (Å²) >= 11 is 0. The zero-order valence-electron chi connectivity index (χ0n) is 20.1. The molecule has 1 saturated carbocycles. The molecule has 10 nitrogen and oxygen atoms in total. The Morgan fingerprint density at radius 2 is 1.86 bits per heavy atom. The van der Waals surface area contributed by atoms with Gasteiger partial charge in [0.15, 0.2) is 0 Å². The van der Waals surface area contributed by atoms with Crippen LogP contribution in [0.1, 0.15) is 31.2 Å². The average molecular weight is 516 g/mol. The van der Waals surface area contributed by atoms with Crippen molar-refractivity contribution in [2.75, 3.05) is 31.2 Å². The van der Waals surface area contributed by atoms with Crippen LogP contribution in [0.3, 0.4) is 0 Å². The molecule has 1 aliphatic carbocycles. The number of carbonyl (C=O) groups is 1. The lowest BCUT2D eigenvalue weighted by molar-refractivity contribution is -0.123. The number of ether oxygens (including phenoxy) is 1. The lowest BCUT2D eigenvalue weighted by Crippen LogP contribution is -2.55. The molecule has 0 unspecified atom stereocenters. The van der Waals surface area contributed by atoms with E-state index < -0.39 is 35.0 Å². The number of hydrogen-bond donors (Lipinski definition) is 4. The van der Waals surface area contributed by atoms with Crippen LogP contribution in [0.2, 0.25) is 0 Å². The van der Waals surface area contributed by atoms with Gasteiger partial charge in [0.25, 0.3) is 0 Å². The molecule has 1 aliphatic heterocycles. The summed E-state index contributed by atoms with van der Waals surface area (Å²) in [5.74, 6) is -0.512. The predicted molar refractivity (Wildman–Crippen MR) is 136 cm³/mol. The number of anilines is 1. The summed E-state index contributed by atoms with van der Waals surface area (Å²) in [4.78, 5) is 19.5. The molecule has 194 valence electrons. The van der Waals surface area contributed by atoms with E-state index in [1.807, 2.05) is 23.1 Å². The van der Waals surface area contributed by atoms with Gasteiger partial charge in [0.1, 0.15) is 16.8 Å². The number of morpholine rings is 1. The molecule has 36 heavy (non-hydrogen) atoms. The van der Waals surface area contributed by atoms with Crippen molar-refractivity contribution in [1.29, 1.82) is 0 Å². The van der Waals surface area contributed by atoms with E-state index in [0.717, 1.165) is 24.8 Å². The second-order valence-electron chi connectivity index (χ2n) is 9.38. The largest absolute Gasteiger partial charge is 0.475 e. The Hall–Kier alpha value is -2.51. The van der Waals surface area contributed by atoms with E-state index >= 15 is 0 Å². The van der Waals surface area contributed by atoms with Gasteiger partial charge >= 0.3 is 7.12 Å². The lowest BCUT2D eigenvalue weighted by Gasteiger charge is -2.30. The number of carbonyl (C=O) groups excluding carboxylic acids is 1. The Kier molecular flexibility index (Phi) is 8.97. The number of nitrogens with zero attached hydrogens (tertiary/aromatic N) is 2. The molecule has 2 atom stereocenters. The number of nitrogens with one attached hydrogen (secondary N) is 2. The number of aromatic nitrogens is 1. The van der Waals surface area contributed by atoms with Crippen molar-refractivity contribution in [3.05, 3.63) is 54.2 Å². The quantitative estimate of drug-likeness (QED) is 0.317. The van der Waals surface area contributed by atoms with Crippen LogP contribution >= 0.6 is 0 Å². The first kappa shape index (κ1) is 26.6. The highest BCUT2D eigenvalue weighted by atomic mass is 32.2. The molecule has 2 aliphatic rings. The van der Waals surface area contributed by atoms with E-state index in [0.29, 0.717) is 44.5 Å². The molecule has 2 heterocycles. The minimum atomic E-state index is -4.09. The van der Waals surface area contributed by atoms with Crippen molar-refractivity contribution < 1.29 is 28.0 Å². The van der Waals surface area contributed by atoms with Crippen LogP contribution in [0.25, 0.3) is 0 Å². The second-order valence-corrected chi connectivity index (χ2v) is 11.1. The van der Waals surface area contributed by atoms with Gasteiger partial charge in [-0.15, -0.1) is 0 Å². The molecule has 1 aromatic carbocycles.